The standard InChI is InChI=1S/C18H16N2O5S/c1-2-26(22,23)15-11-7-6-10-14(15)18(21)24-12-16-19-20-17(25-16)13-8-4-3-5-9-13/h3-11H,2,12H2,1H3. The Morgan fingerprint density at radius 1 is 1.04 bits per heavy atom. The largest absolute Gasteiger partial charge is 0.452 e. The topological polar surface area (TPSA) is 99.4 Å². The zero-order valence-electron chi connectivity index (χ0n) is 14.0. The van der Waals surface area contributed by atoms with E-state index < -0.39 is 15.8 Å². The first-order valence-corrected chi connectivity index (χ1v) is 9.53. The lowest BCUT2D eigenvalue weighted by Crippen LogP contribution is -2.13. The summed E-state index contributed by atoms with van der Waals surface area (Å²) in [5.74, 6) is -0.447. The zero-order chi connectivity index (χ0) is 18.6. The van der Waals surface area contributed by atoms with Crippen LogP contribution in [0.25, 0.3) is 11.5 Å². The first kappa shape index (κ1) is 17.8. The van der Waals surface area contributed by atoms with Gasteiger partial charge in [0.15, 0.2) is 16.4 Å². The van der Waals surface area contributed by atoms with E-state index in [-0.39, 0.29) is 28.7 Å². The van der Waals surface area contributed by atoms with E-state index in [9.17, 15) is 13.2 Å². The minimum absolute atomic E-state index is 0.0165. The summed E-state index contributed by atoms with van der Waals surface area (Å²) in [6, 6.07) is 15.1. The number of carbonyl (C=O) groups is 1. The molecule has 0 amide bonds. The van der Waals surface area contributed by atoms with Crippen molar-refractivity contribution in [2.75, 3.05) is 5.75 Å². The van der Waals surface area contributed by atoms with Crippen LogP contribution in [0.1, 0.15) is 23.2 Å². The lowest BCUT2D eigenvalue weighted by molar-refractivity contribution is 0.0434. The smallest absolute Gasteiger partial charge is 0.339 e. The van der Waals surface area contributed by atoms with Gasteiger partial charge in [0.05, 0.1) is 16.2 Å². The molecule has 7 nitrogen and oxygen atoms in total. The molecule has 0 spiro atoms. The van der Waals surface area contributed by atoms with Gasteiger partial charge in [-0.25, -0.2) is 13.2 Å². The van der Waals surface area contributed by atoms with Crippen molar-refractivity contribution in [2.24, 2.45) is 0 Å². The molecule has 0 radical (unpaired) electrons. The zero-order valence-corrected chi connectivity index (χ0v) is 14.8. The van der Waals surface area contributed by atoms with Crippen LogP contribution in [0.2, 0.25) is 0 Å². The molecule has 8 heteroatoms. The number of aromatic nitrogens is 2. The molecule has 0 saturated heterocycles. The van der Waals surface area contributed by atoms with Crippen LogP contribution in [0.3, 0.4) is 0 Å². The second-order valence-electron chi connectivity index (χ2n) is 5.34. The number of carbonyl (C=O) groups excluding carboxylic acids is 1. The summed E-state index contributed by atoms with van der Waals surface area (Å²) in [6.07, 6.45) is 0. The van der Waals surface area contributed by atoms with E-state index in [0.29, 0.717) is 5.89 Å². The summed E-state index contributed by atoms with van der Waals surface area (Å²) >= 11 is 0. The lowest BCUT2D eigenvalue weighted by atomic mass is 10.2. The Bertz CT molecular complexity index is 1010. The summed E-state index contributed by atoms with van der Waals surface area (Å²) in [5.41, 5.74) is 0.731. The van der Waals surface area contributed by atoms with Crippen molar-refractivity contribution in [1.29, 1.82) is 0 Å². The van der Waals surface area contributed by atoms with Crippen LogP contribution in [0.4, 0.5) is 0 Å². The van der Waals surface area contributed by atoms with Crippen molar-refractivity contribution >= 4 is 15.8 Å². The van der Waals surface area contributed by atoms with Crippen LogP contribution in [-0.2, 0) is 21.2 Å². The quantitative estimate of drug-likeness (QED) is 0.613. The lowest BCUT2D eigenvalue weighted by Gasteiger charge is -2.08. The summed E-state index contributed by atoms with van der Waals surface area (Å²) in [6.45, 7) is 1.26. The molecule has 1 heterocycles. The molecule has 0 bridgehead atoms. The van der Waals surface area contributed by atoms with Gasteiger partial charge in [0.2, 0.25) is 5.89 Å². The van der Waals surface area contributed by atoms with Gasteiger partial charge in [-0.3, -0.25) is 0 Å². The van der Waals surface area contributed by atoms with Crippen molar-refractivity contribution in [1.82, 2.24) is 10.2 Å². The molecular weight excluding hydrogens is 356 g/mol. The number of benzene rings is 2. The number of nitrogens with zero attached hydrogens (tertiary/aromatic N) is 2. The first-order chi connectivity index (χ1) is 12.5. The molecule has 0 aliphatic heterocycles. The Kier molecular flexibility index (Phi) is 5.13. The molecule has 0 aliphatic rings. The van der Waals surface area contributed by atoms with Crippen LogP contribution >= 0.6 is 0 Å². The number of sulfone groups is 1. The highest BCUT2D eigenvalue weighted by Gasteiger charge is 2.22. The molecule has 2 aromatic carbocycles. The van der Waals surface area contributed by atoms with Gasteiger partial charge in [0.25, 0.3) is 5.89 Å². The molecule has 26 heavy (non-hydrogen) atoms. The maximum absolute atomic E-state index is 12.3. The Morgan fingerprint density at radius 3 is 2.46 bits per heavy atom. The molecular formula is C18H16N2O5S. The molecule has 1 aromatic heterocycles. The number of esters is 1. The summed E-state index contributed by atoms with van der Waals surface area (Å²) in [5, 5.41) is 7.74. The molecule has 0 fully saturated rings. The normalized spacial score (nSPS) is 11.3. The molecule has 0 N–H and O–H groups in total. The number of hydrogen-bond acceptors (Lipinski definition) is 7. The third-order valence-corrected chi connectivity index (χ3v) is 5.42. The highest BCUT2D eigenvalue weighted by molar-refractivity contribution is 7.91. The fourth-order valence-electron chi connectivity index (χ4n) is 2.28. The molecule has 0 unspecified atom stereocenters. The van der Waals surface area contributed by atoms with E-state index >= 15 is 0 Å². The Hall–Kier alpha value is -3.00. The van der Waals surface area contributed by atoms with Crippen LogP contribution in [0, 0.1) is 0 Å². The number of rotatable bonds is 6. The van der Waals surface area contributed by atoms with E-state index in [1.807, 2.05) is 30.3 Å². The van der Waals surface area contributed by atoms with Gasteiger partial charge in [-0.15, -0.1) is 10.2 Å². The highest BCUT2D eigenvalue weighted by atomic mass is 32.2. The van der Waals surface area contributed by atoms with Gasteiger partial charge in [-0.2, -0.15) is 0 Å². The molecule has 134 valence electrons. The monoisotopic (exact) mass is 372 g/mol. The van der Waals surface area contributed by atoms with Crippen LogP contribution in [0.15, 0.2) is 63.9 Å². The number of hydrogen-bond donors (Lipinski definition) is 0. The van der Waals surface area contributed by atoms with Crippen molar-refractivity contribution < 1.29 is 22.4 Å². The minimum atomic E-state index is -3.54. The molecule has 3 aromatic rings. The van der Waals surface area contributed by atoms with Gasteiger partial charge in [0.1, 0.15) is 0 Å². The van der Waals surface area contributed by atoms with Crippen LogP contribution in [0.5, 0.6) is 0 Å². The van der Waals surface area contributed by atoms with Crippen LogP contribution < -0.4 is 0 Å². The number of ether oxygens (including phenoxy) is 1. The predicted molar refractivity (Wildman–Crippen MR) is 93.0 cm³/mol. The fraction of sp³-hybridized carbons (Fsp3) is 0.167. The highest BCUT2D eigenvalue weighted by Crippen LogP contribution is 2.20. The summed E-state index contributed by atoms with van der Waals surface area (Å²) in [4.78, 5) is 12.2. The Balaban J connectivity index is 1.74. The van der Waals surface area contributed by atoms with Gasteiger partial charge in [-0.1, -0.05) is 37.3 Å². The summed E-state index contributed by atoms with van der Waals surface area (Å²) in [7, 11) is -3.54. The second-order valence-corrected chi connectivity index (χ2v) is 7.59. The predicted octanol–water partition coefficient (Wildman–Crippen LogP) is 2.89. The van der Waals surface area contributed by atoms with Gasteiger partial charge in [-0.05, 0) is 24.3 Å². The van der Waals surface area contributed by atoms with Crippen molar-refractivity contribution in [3.63, 3.8) is 0 Å². The average Bonchev–Trinajstić information content (AvgIpc) is 3.16. The summed E-state index contributed by atoms with van der Waals surface area (Å²) < 4.78 is 34.8. The van der Waals surface area contributed by atoms with Crippen molar-refractivity contribution in [2.45, 2.75) is 18.4 Å². The third kappa shape index (κ3) is 3.80. The minimum Gasteiger partial charge on any atom is -0.452 e. The fourth-order valence-corrected chi connectivity index (χ4v) is 3.36. The van der Waals surface area contributed by atoms with E-state index in [0.717, 1.165) is 5.56 Å². The van der Waals surface area contributed by atoms with Gasteiger partial charge >= 0.3 is 5.97 Å². The molecule has 0 saturated carbocycles. The SMILES string of the molecule is CCS(=O)(=O)c1ccccc1C(=O)OCc1nnc(-c2ccccc2)o1. The Morgan fingerprint density at radius 2 is 1.73 bits per heavy atom. The molecule has 0 aliphatic carbocycles. The van der Waals surface area contributed by atoms with E-state index in [1.165, 1.54) is 19.1 Å². The molecule has 3 rings (SSSR count). The van der Waals surface area contributed by atoms with Crippen molar-refractivity contribution in [3.8, 4) is 11.5 Å². The van der Waals surface area contributed by atoms with E-state index in [4.69, 9.17) is 9.15 Å². The first-order valence-electron chi connectivity index (χ1n) is 7.88. The van der Waals surface area contributed by atoms with Crippen LogP contribution in [-0.4, -0.2) is 30.3 Å². The second kappa shape index (κ2) is 7.49. The Labute approximate surface area is 150 Å². The van der Waals surface area contributed by atoms with Gasteiger partial charge in [0, 0.05) is 5.56 Å². The maximum Gasteiger partial charge on any atom is 0.339 e. The van der Waals surface area contributed by atoms with Gasteiger partial charge < -0.3 is 9.15 Å². The maximum atomic E-state index is 12.3. The third-order valence-electron chi connectivity index (χ3n) is 3.64. The van der Waals surface area contributed by atoms with E-state index in [2.05, 4.69) is 10.2 Å². The average molecular weight is 372 g/mol. The van der Waals surface area contributed by atoms with Crippen molar-refractivity contribution in [3.05, 3.63) is 66.1 Å². The molecule has 0 atom stereocenters. The van der Waals surface area contributed by atoms with E-state index in [1.54, 1.807) is 12.1 Å².